The van der Waals surface area contributed by atoms with Crippen LogP contribution in [0.15, 0.2) is 30.3 Å². The maximum Gasteiger partial charge on any atom is 0.416 e. The van der Waals surface area contributed by atoms with Crippen molar-refractivity contribution in [2.24, 2.45) is 0 Å². The van der Waals surface area contributed by atoms with Gasteiger partial charge >= 0.3 is 6.18 Å². The summed E-state index contributed by atoms with van der Waals surface area (Å²) < 4.78 is 39.5. The number of aryl methyl sites for hydroxylation is 2. The minimum atomic E-state index is -4.28. The summed E-state index contributed by atoms with van der Waals surface area (Å²) in [6, 6.07) is 8.61. The summed E-state index contributed by atoms with van der Waals surface area (Å²) in [4.78, 5) is 18.3. The number of pyridine rings is 1. The van der Waals surface area contributed by atoms with E-state index in [0.717, 1.165) is 55.5 Å². The molecule has 1 N–H and O–H groups in total. The molecule has 30 heavy (non-hydrogen) atoms. The highest BCUT2D eigenvalue weighted by Crippen LogP contribution is 2.35. The molecular weight excluding hydrogens is 391 g/mol. The predicted molar refractivity (Wildman–Crippen MR) is 109 cm³/mol. The lowest BCUT2D eigenvalue weighted by Crippen LogP contribution is -2.32. The summed E-state index contributed by atoms with van der Waals surface area (Å²) in [5.41, 5.74) is 2.87. The van der Waals surface area contributed by atoms with Gasteiger partial charge in [0.1, 0.15) is 5.82 Å². The number of hydrogen-bond acceptors (Lipinski definition) is 3. The Balaban J connectivity index is 1.23. The van der Waals surface area contributed by atoms with Crippen LogP contribution in [0.1, 0.15) is 53.6 Å². The second-order valence-corrected chi connectivity index (χ2v) is 8.14. The molecule has 4 rings (SSSR count). The molecule has 160 valence electrons. The van der Waals surface area contributed by atoms with Gasteiger partial charge in [-0.15, -0.1) is 0 Å². The molecule has 0 saturated carbocycles. The molecule has 1 aromatic heterocycles. The van der Waals surface area contributed by atoms with Crippen molar-refractivity contribution in [3.8, 4) is 0 Å². The van der Waals surface area contributed by atoms with E-state index in [4.69, 9.17) is 0 Å². The second-order valence-electron chi connectivity index (χ2n) is 8.14. The van der Waals surface area contributed by atoms with E-state index in [1.807, 2.05) is 12.1 Å². The number of rotatable bonds is 6. The van der Waals surface area contributed by atoms with Crippen molar-refractivity contribution >= 4 is 11.7 Å². The van der Waals surface area contributed by atoms with Crippen LogP contribution in [0.4, 0.5) is 19.0 Å². The molecule has 2 aromatic rings. The van der Waals surface area contributed by atoms with Gasteiger partial charge < -0.3 is 5.32 Å². The lowest BCUT2D eigenvalue weighted by atomic mass is 9.94. The quantitative estimate of drug-likeness (QED) is 0.690. The van der Waals surface area contributed by atoms with Crippen LogP contribution in [0.5, 0.6) is 0 Å². The zero-order valence-electron chi connectivity index (χ0n) is 16.9. The SMILES string of the molecule is O=C1CCc2ccc(CCCCCN3CCc4c(cccc4C(F)(F)F)C3)nc2N1. The highest BCUT2D eigenvalue weighted by atomic mass is 19.4. The van der Waals surface area contributed by atoms with Crippen molar-refractivity contribution in [1.82, 2.24) is 9.88 Å². The summed E-state index contributed by atoms with van der Waals surface area (Å²) in [6.45, 7) is 2.15. The van der Waals surface area contributed by atoms with Gasteiger partial charge in [0.05, 0.1) is 5.56 Å². The van der Waals surface area contributed by atoms with Crippen LogP contribution in [-0.4, -0.2) is 28.9 Å². The summed E-state index contributed by atoms with van der Waals surface area (Å²) in [5.74, 6) is 0.728. The Kier molecular flexibility index (Phi) is 6.09. The first kappa shape index (κ1) is 20.8. The molecule has 0 radical (unpaired) electrons. The summed E-state index contributed by atoms with van der Waals surface area (Å²) in [5, 5.41) is 2.84. The number of anilines is 1. The number of carbonyl (C=O) groups excluding carboxylic acids is 1. The topological polar surface area (TPSA) is 45.2 Å². The largest absolute Gasteiger partial charge is 0.416 e. The molecule has 0 fully saturated rings. The molecule has 1 aromatic carbocycles. The minimum Gasteiger partial charge on any atom is -0.310 e. The second kappa shape index (κ2) is 8.76. The average Bonchev–Trinajstić information content (AvgIpc) is 2.72. The molecule has 0 aliphatic carbocycles. The highest BCUT2D eigenvalue weighted by molar-refractivity contribution is 5.92. The Morgan fingerprint density at radius 2 is 1.87 bits per heavy atom. The molecule has 1 amide bonds. The number of benzene rings is 1. The van der Waals surface area contributed by atoms with Crippen molar-refractivity contribution in [3.05, 3.63) is 58.3 Å². The Labute approximate surface area is 174 Å². The molecule has 0 unspecified atom stereocenters. The first-order chi connectivity index (χ1) is 14.4. The van der Waals surface area contributed by atoms with Crippen molar-refractivity contribution < 1.29 is 18.0 Å². The normalized spacial score (nSPS) is 16.7. The van der Waals surface area contributed by atoms with Gasteiger partial charge in [0.25, 0.3) is 0 Å². The van der Waals surface area contributed by atoms with Crippen molar-refractivity contribution in [3.63, 3.8) is 0 Å². The number of amides is 1. The van der Waals surface area contributed by atoms with Crippen molar-refractivity contribution in [1.29, 1.82) is 0 Å². The van der Waals surface area contributed by atoms with Gasteiger partial charge in [-0.3, -0.25) is 9.69 Å². The van der Waals surface area contributed by atoms with Crippen LogP contribution in [-0.2, 0) is 36.8 Å². The van der Waals surface area contributed by atoms with Crippen molar-refractivity contribution in [2.75, 3.05) is 18.4 Å². The smallest absolute Gasteiger partial charge is 0.310 e. The van der Waals surface area contributed by atoms with Gasteiger partial charge in [0.15, 0.2) is 0 Å². The maximum absolute atomic E-state index is 13.2. The fourth-order valence-corrected chi connectivity index (χ4v) is 4.36. The zero-order valence-corrected chi connectivity index (χ0v) is 16.9. The standard InChI is InChI=1S/C23H26F3N3O/c24-23(25,26)20-7-4-5-17-15-29(14-12-19(17)20)13-3-1-2-6-18-10-8-16-9-11-21(30)28-22(16)27-18/h4-5,7-8,10H,1-3,6,9,11-15H2,(H,27,28,30). The number of carbonyl (C=O) groups is 1. The lowest BCUT2D eigenvalue weighted by Gasteiger charge is -2.30. The molecule has 2 aliphatic rings. The van der Waals surface area contributed by atoms with E-state index in [1.165, 1.54) is 12.1 Å². The van der Waals surface area contributed by atoms with Crippen molar-refractivity contribution in [2.45, 2.75) is 57.7 Å². The highest BCUT2D eigenvalue weighted by Gasteiger charge is 2.35. The van der Waals surface area contributed by atoms with E-state index >= 15 is 0 Å². The number of fused-ring (bicyclic) bond motifs is 2. The van der Waals surface area contributed by atoms with Gasteiger partial charge in [-0.05, 0) is 67.5 Å². The van der Waals surface area contributed by atoms with E-state index in [2.05, 4.69) is 21.3 Å². The lowest BCUT2D eigenvalue weighted by molar-refractivity contribution is -0.138. The monoisotopic (exact) mass is 417 g/mol. The third kappa shape index (κ3) is 4.83. The summed E-state index contributed by atoms with van der Waals surface area (Å²) >= 11 is 0. The van der Waals surface area contributed by atoms with E-state index in [9.17, 15) is 18.0 Å². The third-order valence-electron chi connectivity index (χ3n) is 5.97. The van der Waals surface area contributed by atoms with Crippen LogP contribution in [0.3, 0.4) is 0 Å². The Bertz CT molecular complexity index is 926. The van der Waals surface area contributed by atoms with Crippen LogP contribution in [0.2, 0.25) is 0 Å². The Hall–Kier alpha value is -2.41. The number of unbranched alkanes of at least 4 members (excludes halogenated alkanes) is 2. The molecule has 0 saturated heterocycles. The van der Waals surface area contributed by atoms with Crippen LogP contribution in [0.25, 0.3) is 0 Å². The number of hydrogen-bond donors (Lipinski definition) is 1. The summed E-state index contributed by atoms with van der Waals surface area (Å²) in [6.07, 6.45) is 1.36. The zero-order chi connectivity index (χ0) is 21.1. The molecule has 0 spiro atoms. The third-order valence-corrected chi connectivity index (χ3v) is 5.97. The predicted octanol–water partition coefficient (Wildman–Crippen LogP) is 4.76. The van der Waals surface area contributed by atoms with Gasteiger partial charge in [0.2, 0.25) is 5.91 Å². The number of aromatic nitrogens is 1. The molecule has 2 aliphatic heterocycles. The van der Waals surface area contributed by atoms with Gasteiger partial charge in [0, 0.05) is 25.2 Å². The minimum absolute atomic E-state index is 0.0256. The van der Waals surface area contributed by atoms with E-state index in [0.29, 0.717) is 37.3 Å². The fourth-order valence-electron chi connectivity index (χ4n) is 4.36. The first-order valence-corrected chi connectivity index (χ1v) is 10.6. The summed E-state index contributed by atoms with van der Waals surface area (Å²) in [7, 11) is 0. The van der Waals surface area contributed by atoms with E-state index < -0.39 is 11.7 Å². The van der Waals surface area contributed by atoms with E-state index in [-0.39, 0.29) is 5.91 Å². The van der Waals surface area contributed by atoms with Gasteiger partial charge in [-0.1, -0.05) is 24.6 Å². The molecule has 3 heterocycles. The number of halogens is 3. The van der Waals surface area contributed by atoms with Gasteiger partial charge in [-0.25, -0.2) is 4.98 Å². The number of nitrogens with one attached hydrogen (secondary N) is 1. The molecule has 7 heteroatoms. The Morgan fingerprint density at radius 3 is 2.70 bits per heavy atom. The fraction of sp³-hybridized carbons (Fsp3) is 0.478. The first-order valence-electron chi connectivity index (χ1n) is 10.6. The van der Waals surface area contributed by atoms with Crippen LogP contribution >= 0.6 is 0 Å². The number of alkyl halides is 3. The maximum atomic E-state index is 13.2. The van der Waals surface area contributed by atoms with Crippen LogP contribution < -0.4 is 5.32 Å². The van der Waals surface area contributed by atoms with Crippen LogP contribution in [0, 0.1) is 0 Å². The van der Waals surface area contributed by atoms with E-state index in [1.54, 1.807) is 0 Å². The van der Waals surface area contributed by atoms with Gasteiger partial charge in [-0.2, -0.15) is 13.2 Å². The molecule has 0 atom stereocenters. The Morgan fingerprint density at radius 1 is 1.00 bits per heavy atom. The molecule has 0 bridgehead atoms. The number of nitrogens with zero attached hydrogens (tertiary/aromatic N) is 2. The molecule has 4 nitrogen and oxygen atoms in total. The molecular formula is C23H26F3N3O. The average molecular weight is 417 g/mol.